The van der Waals surface area contributed by atoms with E-state index in [9.17, 15) is 30.0 Å². The fourth-order valence-electron chi connectivity index (χ4n) is 4.10. The van der Waals surface area contributed by atoms with Gasteiger partial charge in [-0.15, -0.1) is 0 Å². The van der Waals surface area contributed by atoms with E-state index in [1.807, 2.05) is 0 Å². The lowest BCUT2D eigenvalue weighted by atomic mass is 9.94. The van der Waals surface area contributed by atoms with Crippen LogP contribution in [0.3, 0.4) is 0 Å². The van der Waals surface area contributed by atoms with Crippen molar-refractivity contribution >= 4 is 11.9 Å². The van der Waals surface area contributed by atoms with E-state index in [2.05, 4.69) is 0 Å². The van der Waals surface area contributed by atoms with Gasteiger partial charge in [0.15, 0.2) is 0 Å². The van der Waals surface area contributed by atoms with Gasteiger partial charge in [-0.05, 0) is 32.3 Å². The van der Waals surface area contributed by atoms with Gasteiger partial charge in [-0.2, -0.15) is 0 Å². The van der Waals surface area contributed by atoms with Crippen molar-refractivity contribution in [3.05, 3.63) is 33.9 Å². The minimum atomic E-state index is -1.68. The van der Waals surface area contributed by atoms with Gasteiger partial charge < -0.3 is 44.5 Å². The Morgan fingerprint density at radius 3 is 2.47 bits per heavy atom. The molecule has 5 N–H and O–H groups in total. The molecule has 0 bridgehead atoms. The van der Waals surface area contributed by atoms with Crippen LogP contribution in [0.1, 0.15) is 46.8 Å². The van der Waals surface area contributed by atoms with E-state index < -0.39 is 49.3 Å². The highest BCUT2D eigenvalue weighted by molar-refractivity contribution is 5.98. The summed E-state index contributed by atoms with van der Waals surface area (Å²) in [6.45, 7) is 2.90. The number of allylic oxidation sites excluding steroid dienone is 2. The minimum absolute atomic E-state index is 0.00480. The van der Waals surface area contributed by atoms with Crippen LogP contribution in [-0.4, -0.2) is 81.9 Å². The molecule has 0 unspecified atom stereocenters. The Bertz CT molecular complexity index is 968. The molecule has 0 amide bonds. The number of carboxylic acids is 1. The number of benzene rings is 1. The zero-order valence-electron chi connectivity index (χ0n) is 19.2. The zero-order valence-corrected chi connectivity index (χ0v) is 19.2. The minimum Gasteiger partial charge on any atom is -0.496 e. The highest BCUT2D eigenvalue weighted by Gasteiger charge is 2.46. The third-order valence-corrected chi connectivity index (χ3v) is 6.10. The van der Waals surface area contributed by atoms with E-state index in [1.54, 1.807) is 19.9 Å². The molecule has 0 saturated carbocycles. The predicted molar refractivity (Wildman–Crippen MR) is 116 cm³/mol. The molecule has 5 atom stereocenters. The number of fused-ring (bicyclic) bond motifs is 1. The van der Waals surface area contributed by atoms with Crippen LogP contribution in [0, 0.1) is 6.92 Å². The molecule has 2 aliphatic heterocycles. The molecule has 0 aliphatic carbocycles. The first-order valence-electron chi connectivity index (χ1n) is 10.8. The van der Waals surface area contributed by atoms with E-state index in [1.165, 1.54) is 7.11 Å². The van der Waals surface area contributed by atoms with Crippen LogP contribution in [0.4, 0.5) is 0 Å². The summed E-state index contributed by atoms with van der Waals surface area (Å²) in [5.74, 6) is -1.13. The molecule has 1 fully saturated rings. The molecule has 11 nitrogen and oxygen atoms in total. The smallest absolute Gasteiger partial charge is 0.342 e. The van der Waals surface area contributed by atoms with Gasteiger partial charge >= 0.3 is 11.9 Å². The maximum Gasteiger partial charge on any atom is 0.342 e. The molecule has 2 aliphatic rings. The van der Waals surface area contributed by atoms with Crippen molar-refractivity contribution in [1.29, 1.82) is 0 Å². The molecule has 3 rings (SSSR count). The van der Waals surface area contributed by atoms with Gasteiger partial charge in [0.1, 0.15) is 48.1 Å². The van der Waals surface area contributed by atoms with Crippen LogP contribution < -0.4 is 9.47 Å². The van der Waals surface area contributed by atoms with Crippen LogP contribution in [0.2, 0.25) is 0 Å². The molecule has 0 spiro atoms. The fraction of sp³-hybridized carbons (Fsp3) is 0.565. The molecule has 11 heteroatoms. The van der Waals surface area contributed by atoms with E-state index in [0.717, 1.165) is 5.57 Å². The van der Waals surface area contributed by atoms with Crippen molar-refractivity contribution in [2.45, 2.75) is 70.4 Å². The Labute approximate surface area is 196 Å². The summed E-state index contributed by atoms with van der Waals surface area (Å²) in [6, 6.07) is 0. The van der Waals surface area contributed by atoms with Crippen molar-refractivity contribution in [2.75, 3.05) is 13.7 Å². The van der Waals surface area contributed by atoms with Crippen LogP contribution in [-0.2, 0) is 27.3 Å². The first-order valence-corrected chi connectivity index (χ1v) is 10.8. The summed E-state index contributed by atoms with van der Waals surface area (Å²) in [5.41, 5.74) is 2.56. The summed E-state index contributed by atoms with van der Waals surface area (Å²) in [6.07, 6.45) is -5.36. The van der Waals surface area contributed by atoms with Crippen molar-refractivity contribution in [2.24, 2.45) is 0 Å². The Kier molecular flexibility index (Phi) is 8.16. The summed E-state index contributed by atoms with van der Waals surface area (Å²) in [5, 5.41) is 49.0. The molecule has 1 aromatic rings. The lowest BCUT2D eigenvalue weighted by Crippen LogP contribution is -2.60. The zero-order chi connectivity index (χ0) is 25.2. The highest BCUT2D eigenvalue weighted by Crippen LogP contribution is 2.44. The number of carbonyl (C=O) groups is 2. The van der Waals surface area contributed by atoms with E-state index in [4.69, 9.17) is 24.1 Å². The SMILES string of the molecule is COc1c(C)c2c(c(O[C@@H]3O[C@@H](CO)[C@@H](O)[C@H](O)[C@@H]3O)c1C/C=C(\C)CCC(=O)O)C(=O)OC2. The van der Waals surface area contributed by atoms with Crippen molar-refractivity contribution in [1.82, 2.24) is 0 Å². The average molecular weight is 482 g/mol. The number of cyclic esters (lactones) is 1. The number of carboxylic acid groups (broad SMARTS) is 1. The summed E-state index contributed by atoms with van der Waals surface area (Å²) in [4.78, 5) is 23.5. The maximum atomic E-state index is 12.6. The summed E-state index contributed by atoms with van der Waals surface area (Å²) in [7, 11) is 1.45. The number of aliphatic hydroxyl groups is 4. The Morgan fingerprint density at radius 2 is 1.85 bits per heavy atom. The molecular formula is C23H30O11. The van der Waals surface area contributed by atoms with Crippen LogP contribution in [0.5, 0.6) is 11.5 Å². The number of methoxy groups -OCH3 is 1. The van der Waals surface area contributed by atoms with E-state index in [0.29, 0.717) is 28.9 Å². The highest BCUT2D eigenvalue weighted by atomic mass is 16.7. The Morgan fingerprint density at radius 1 is 1.15 bits per heavy atom. The second-order valence-electron chi connectivity index (χ2n) is 8.36. The molecule has 34 heavy (non-hydrogen) atoms. The lowest BCUT2D eigenvalue weighted by molar-refractivity contribution is -0.277. The lowest BCUT2D eigenvalue weighted by Gasteiger charge is -2.40. The number of aliphatic carboxylic acids is 1. The summed E-state index contributed by atoms with van der Waals surface area (Å²) >= 11 is 0. The van der Waals surface area contributed by atoms with Gasteiger partial charge in [0.2, 0.25) is 6.29 Å². The number of esters is 1. The van der Waals surface area contributed by atoms with Crippen LogP contribution >= 0.6 is 0 Å². The average Bonchev–Trinajstić information content (AvgIpc) is 3.20. The number of hydrogen-bond acceptors (Lipinski definition) is 10. The van der Waals surface area contributed by atoms with Crippen molar-refractivity contribution < 1.29 is 54.1 Å². The van der Waals surface area contributed by atoms with Gasteiger partial charge in [0, 0.05) is 17.5 Å². The second kappa shape index (κ2) is 10.7. The third kappa shape index (κ3) is 5.03. The van der Waals surface area contributed by atoms with Gasteiger partial charge in [0.25, 0.3) is 0 Å². The topological polar surface area (TPSA) is 172 Å². The Balaban J connectivity index is 2.06. The number of carbonyl (C=O) groups excluding carboxylic acids is 1. The number of ether oxygens (including phenoxy) is 4. The number of hydrogen-bond donors (Lipinski definition) is 5. The molecular weight excluding hydrogens is 452 g/mol. The van der Waals surface area contributed by atoms with E-state index in [-0.39, 0.29) is 30.8 Å². The van der Waals surface area contributed by atoms with Crippen molar-refractivity contribution in [3.8, 4) is 11.5 Å². The first kappa shape index (κ1) is 25.9. The Hall–Kier alpha value is -2.70. The van der Waals surface area contributed by atoms with Gasteiger partial charge in [-0.3, -0.25) is 4.79 Å². The standard InChI is InChI=1S/C23H30O11/c1-10(5-7-15(25)26)4-6-12-20(31-3)11(2)13-9-32-22(30)16(13)21(12)34-23-19(29)18(28)17(27)14(8-24)33-23/h4,14,17-19,23-24,27-29H,5-9H2,1-3H3,(H,25,26)/b10-4+/t14-,17+,18-,19-,23-/m0/s1. The quantitative estimate of drug-likeness (QED) is 0.240. The monoisotopic (exact) mass is 482 g/mol. The molecule has 2 heterocycles. The predicted octanol–water partition coefficient (Wildman–Crippen LogP) is 0.206. The largest absolute Gasteiger partial charge is 0.496 e. The molecule has 1 aromatic carbocycles. The number of rotatable bonds is 9. The van der Waals surface area contributed by atoms with Gasteiger partial charge in [-0.1, -0.05) is 11.6 Å². The molecule has 1 saturated heterocycles. The second-order valence-corrected chi connectivity index (χ2v) is 8.36. The van der Waals surface area contributed by atoms with Crippen molar-refractivity contribution in [3.63, 3.8) is 0 Å². The molecule has 188 valence electrons. The third-order valence-electron chi connectivity index (χ3n) is 6.10. The van der Waals surface area contributed by atoms with Gasteiger partial charge in [0.05, 0.1) is 13.7 Å². The van der Waals surface area contributed by atoms with E-state index >= 15 is 0 Å². The summed E-state index contributed by atoms with van der Waals surface area (Å²) < 4.78 is 22.2. The normalized spacial score (nSPS) is 26.7. The van der Waals surface area contributed by atoms with Crippen LogP contribution in [0.25, 0.3) is 0 Å². The van der Waals surface area contributed by atoms with Crippen LogP contribution in [0.15, 0.2) is 11.6 Å². The fourth-order valence-corrected chi connectivity index (χ4v) is 4.10. The van der Waals surface area contributed by atoms with Gasteiger partial charge in [-0.25, -0.2) is 4.79 Å². The maximum absolute atomic E-state index is 12.6. The molecule has 0 aromatic heterocycles. The molecule has 0 radical (unpaired) electrons. The first-order chi connectivity index (χ1) is 16.1. The number of aliphatic hydroxyl groups excluding tert-OH is 4.